The topological polar surface area (TPSA) is 76.1 Å². The van der Waals surface area contributed by atoms with E-state index < -0.39 is 5.97 Å². The van der Waals surface area contributed by atoms with Crippen LogP contribution in [0.15, 0.2) is 12.1 Å². The van der Waals surface area contributed by atoms with E-state index in [9.17, 15) is 4.79 Å². The maximum atomic E-state index is 11.1. The minimum Gasteiger partial charge on any atom is -0.464 e. The quantitative estimate of drug-likeness (QED) is 0.704. The molecular weight excluding hydrogens is 220 g/mol. The summed E-state index contributed by atoms with van der Waals surface area (Å²) in [5.74, 6) is 0.662. The van der Waals surface area contributed by atoms with Gasteiger partial charge < -0.3 is 15.4 Å². The summed E-state index contributed by atoms with van der Waals surface area (Å²) in [5.41, 5.74) is 0.210. The number of hydrogen-bond donors (Lipinski definition) is 2. The number of carbonyl (C=O) groups excluding carboxylic acids is 1. The molecule has 0 aromatic carbocycles. The monoisotopic (exact) mass is 238 g/mol. The molecule has 1 heterocycles. The van der Waals surface area contributed by atoms with Gasteiger partial charge in [-0.1, -0.05) is 6.92 Å². The maximum Gasteiger partial charge on any atom is 0.358 e. The molecule has 0 amide bonds. The van der Waals surface area contributed by atoms with Crippen molar-refractivity contribution in [3.63, 3.8) is 0 Å². The van der Waals surface area contributed by atoms with Crippen LogP contribution in [-0.4, -0.2) is 43.4 Å². The summed E-state index contributed by atoms with van der Waals surface area (Å²) >= 11 is 0. The summed E-state index contributed by atoms with van der Waals surface area (Å²) in [5, 5.41) is 13.9. The Balaban J connectivity index is 2.48. The van der Waals surface area contributed by atoms with E-state index in [1.165, 1.54) is 7.11 Å². The zero-order chi connectivity index (χ0) is 12.7. The van der Waals surface area contributed by atoms with Gasteiger partial charge in [0.2, 0.25) is 0 Å². The first-order chi connectivity index (χ1) is 8.17. The molecule has 6 nitrogen and oxygen atoms in total. The molecule has 0 aliphatic rings. The largest absolute Gasteiger partial charge is 0.464 e. The number of anilines is 1. The number of nitrogens with one attached hydrogen (secondary N) is 2. The number of methoxy groups -OCH3 is 1. The number of nitrogens with zero attached hydrogens (tertiary/aromatic N) is 2. The molecule has 6 heteroatoms. The highest BCUT2D eigenvalue weighted by Gasteiger charge is 2.07. The Labute approximate surface area is 101 Å². The second-order valence-electron chi connectivity index (χ2n) is 3.84. The van der Waals surface area contributed by atoms with Crippen LogP contribution in [0.2, 0.25) is 0 Å². The van der Waals surface area contributed by atoms with Crippen LogP contribution in [0, 0.1) is 5.92 Å². The van der Waals surface area contributed by atoms with Gasteiger partial charge >= 0.3 is 5.97 Å². The minimum absolute atomic E-state index is 0.210. The molecule has 0 spiro atoms. The predicted octanol–water partition coefficient (Wildman–Crippen LogP) is 0.531. The highest BCUT2D eigenvalue weighted by atomic mass is 16.5. The third-order valence-electron chi connectivity index (χ3n) is 2.24. The first-order valence-corrected chi connectivity index (χ1v) is 5.48. The van der Waals surface area contributed by atoms with Gasteiger partial charge in [-0.05, 0) is 31.6 Å². The molecule has 1 aromatic rings. The fourth-order valence-electron chi connectivity index (χ4n) is 1.34. The van der Waals surface area contributed by atoms with E-state index in [0.29, 0.717) is 11.7 Å². The first-order valence-electron chi connectivity index (χ1n) is 5.48. The number of rotatable bonds is 6. The minimum atomic E-state index is -0.479. The van der Waals surface area contributed by atoms with Crippen molar-refractivity contribution in [3.8, 4) is 0 Å². The average Bonchev–Trinajstić information content (AvgIpc) is 2.36. The van der Waals surface area contributed by atoms with E-state index in [1.54, 1.807) is 12.1 Å². The zero-order valence-corrected chi connectivity index (χ0v) is 10.4. The number of aromatic nitrogens is 2. The van der Waals surface area contributed by atoms with Crippen molar-refractivity contribution in [2.45, 2.75) is 6.92 Å². The number of hydrogen-bond acceptors (Lipinski definition) is 6. The van der Waals surface area contributed by atoms with E-state index >= 15 is 0 Å². The van der Waals surface area contributed by atoms with Crippen LogP contribution in [0.25, 0.3) is 0 Å². The van der Waals surface area contributed by atoms with E-state index in [0.717, 1.165) is 13.1 Å². The molecule has 0 radical (unpaired) electrons. The third-order valence-corrected chi connectivity index (χ3v) is 2.24. The van der Waals surface area contributed by atoms with Gasteiger partial charge in [-0.25, -0.2) is 4.79 Å². The third kappa shape index (κ3) is 4.36. The fraction of sp³-hybridized carbons (Fsp3) is 0.545. The summed E-state index contributed by atoms with van der Waals surface area (Å²) in [6, 6.07) is 3.30. The van der Waals surface area contributed by atoms with Crippen molar-refractivity contribution in [1.82, 2.24) is 15.5 Å². The van der Waals surface area contributed by atoms with E-state index in [4.69, 9.17) is 0 Å². The van der Waals surface area contributed by atoms with Gasteiger partial charge in [-0.2, -0.15) is 0 Å². The molecule has 94 valence electrons. The van der Waals surface area contributed by atoms with E-state index in [2.05, 4.69) is 32.5 Å². The van der Waals surface area contributed by atoms with Gasteiger partial charge in [0.25, 0.3) is 0 Å². The van der Waals surface area contributed by atoms with Gasteiger partial charge in [0.05, 0.1) is 7.11 Å². The second-order valence-corrected chi connectivity index (χ2v) is 3.84. The molecule has 0 aliphatic carbocycles. The molecule has 0 bridgehead atoms. The highest BCUT2D eigenvalue weighted by Crippen LogP contribution is 2.04. The predicted molar refractivity (Wildman–Crippen MR) is 65.0 cm³/mol. The van der Waals surface area contributed by atoms with Crippen molar-refractivity contribution in [3.05, 3.63) is 17.8 Å². The Bertz CT molecular complexity index is 353. The average molecular weight is 238 g/mol. The molecule has 1 aromatic heterocycles. The number of esters is 1. The molecule has 2 N–H and O–H groups in total. The normalized spacial score (nSPS) is 11.9. The van der Waals surface area contributed by atoms with Crippen LogP contribution < -0.4 is 10.6 Å². The SMILES string of the molecule is CNCC(C)CNc1ccc(C(=O)OC)nn1. The Kier molecular flexibility index (Phi) is 5.35. The van der Waals surface area contributed by atoms with Gasteiger partial charge in [-0.3, -0.25) is 0 Å². The van der Waals surface area contributed by atoms with Gasteiger partial charge in [0, 0.05) is 6.54 Å². The number of carbonyl (C=O) groups is 1. The maximum absolute atomic E-state index is 11.1. The van der Waals surface area contributed by atoms with Crippen molar-refractivity contribution < 1.29 is 9.53 Å². The molecule has 0 saturated carbocycles. The molecule has 0 aliphatic heterocycles. The molecule has 0 saturated heterocycles. The first kappa shape index (κ1) is 13.4. The highest BCUT2D eigenvalue weighted by molar-refractivity contribution is 5.86. The van der Waals surface area contributed by atoms with Gasteiger partial charge in [-0.15, -0.1) is 10.2 Å². The van der Waals surface area contributed by atoms with Crippen LogP contribution in [-0.2, 0) is 4.74 Å². The summed E-state index contributed by atoms with van der Waals surface area (Å²) in [6.45, 7) is 3.85. The molecule has 17 heavy (non-hydrogen) atoms. The van der Waals surface area contributed by atoms with Crippen LogP contribution in [0.5, 0.6) is 0 Å². The second kappa shape index (κ2) is 6.80. The Morgan fingerprint density at radius 3 is 2.71 bits per heavy atom. The molecule has 1 unspecified atom stereocenters. The number of ether oxygens (including phenoxy) is 1. The molecule has 1 rings (SSSR count). The Hall–Kier alpha value is -1.69. The van der Waals surface area contributed by atoms with Crippen molar-refractivity contribution in [2.75, 3.05) is 32.6 Å². The molecule has 0 fully saturated rings. The van der Waals surface area contributed by atoms with Crippen LogP contribution in [0.3, 0.4) is 0 Å². The summed E-state index contributed by atoms with van der Waals surface area (Å²) in [6.07, 6.45) is 0. The smallest absolute Gasteiger partial charge is 0.358 e. The van der Waals surface area contributed by atoms with Crippen LogP contribution in [0.4, 0.5) is 5.82 Å². The Morgan fingerprint density at radius 1 is 1.41 bits per heavy atom. The summed E-state index contributed by atoms with van der Waals surface area (Å²) in [7, 11) is 3.23. The van der Waals surface area contributed by atoms with Crippen molar-refractivity contribution in [2.24, 2.45) is 5.92 Å². The standard InChI is InChI=1S/C11H18N4O2/c1-8(6-12-2)7-13-10-5-4-9(14-15-10)11(16)17-3/h4-5,8,12H,6-7H2,1-3H3,(H,13,15). The van der Waals surface area contributed by atoms with Crippen LogP contribution in [0.1, 0.15) is 17.4 Å². The fourth-order valence-corrected chi connectivity index (χ4v) is 1.34. The molecule has 1 atom stereocenters. The summed E-state index contributed by atoms with van der Waals surface area (Å²) in [4.78, 5) is 11.1. The summed E-state index contributed by atoms with van der Waals surface area (Å²) < 4.78 is 4.54. The molecular formula is C11H18N4O2. The van der Waals surface area contributed by atoms with Crippen LogP contribution >= 0.6 is 0 Å². The Morgan fingerprint density at radius 2 is 2.18 bits per heavy atom. The zero-order valence-electron chi connectivity index (χ0n) is 10.4. The lowest BCUT2D eigenvalue weighted by molar-refractivity contribution is 0.0593. The van der Waals surface area contributed by atoms with Crippen molar-refractivity contribution in [1.29, 1.82) is 0 Å². The lowest BCUT2D eigenvalue weighted by Gasteiger charge is -2.11. The van der Waals surface area contributed by atoms with E-state index in [-0.39, 0.29) is 5.69 Å². The van der Waals surface area contributed by atoms with E-state index in [1.807, 2.05) is 7.05 Å². The van der Waals surface area contributed by atoms with Gasteiger partial charge in [0.15, 0.2) is 5.69 Å². The lowest BCUT2D eigenvalue weighted by atomic mass is 10.2. The van der Waals surface area contributed by atoms with Gasteiger partial charge in [0.1, 0.15) is 5.82 Å². The van der Waals surface area contributed by atoms with Crippen molar-refractivity contribution >= 4 is 11.8 Å². The lowest BCUT2D eigenvalue weighted by Crippen LogP contribution is -2.23.